The third-order valence-corrected chi connectivity index (χ3v) is 2.76. The van der Waals surface area contributed by atoms with Crippen molar-refractivity contribution in [1.82, 2.24) is 4.98 Å². The zero-order chi connectivity index (χ0) is 11.5. The van der Waals surface area contributed by atoms with Gasteiger partial charge in [-0.25, -0.2) is 9.78 Å². The Kier molecular flexibility index (Phi) is 2.85. The molecule has 0 bridgehead atoms. The number of nitrogens with zero attached hydrogens (tertiary/aromatic N) is 1. The zero-order valence-electron chi connectivity index (χ0n) is 8.64. The maximum atomic E-state index is 11.6. The van der Waals surface area contributed by atoms with E-state index in [9.17, 15) is 9.59 Å². The minimum absolute atomic E-state index is 0.0173. The van der Waals surface area contributed by atoms with Gasteiger partial charge in [0, 0.05) is 12.1 Å². The molecule has 5 nitrogen and oxygen atoms in total. The Labute approximate surface area is 92.5 Å². The minimum Gasteiger partial charge on any atom is -0.478 e. The van der Waals surface area contributed by atoms with Crippen molar-refractivity contribution < 1.29 is 14.7 Å². The number of hydrogen-bond acceptors (Lipinski definition) is 3. The maximum absolute atomic E-state index is 11.6. The van der Waals surface area contributed by atoms with E-state index in [4.69, 9.17) is 5.11 Å². The fourth-order valence-corrected chi connectivity index (χ4v) is 1.57. The number of aromatic carboxylic acids is 1. The normalized spacial score (nSPS) is 15.2. The molecule has 1 aromatic rings. The van der Waals surface area contributed by atoms with Crippen molar-refractivity contribution in [2.75, 3.05) is 5.32 Å². The number of carbonyl (C=O) groups excluding carboxylic acids is 1. The van der Waals surface area contributed by atoms with Crippen LogP contribution in [0, 0.1) is 5.92 Å². The second kappa shape index (κ2) is 4.30. The molecular formula is C11H12N2O3. The molecule has 1 fully saturated rings. The Balaban J connectivity index is 2.13. The quantitative estimate of drug-likeness (QED) is 0.809. The molecule has 0 atom stereocenters. The molecule has 0 spiro atoms. The van der Waals surface area contributed by atoms with Gasteiger partial charge in [0.1, 0.15) is 11.4 Å². The van der Waals surface area contributed by atoms with Gasteiger partial charge in [-0.05, 0) is 25.0 Å². The lowest BCUT2D eigenvalue weighted by molar-refractivity contribution is -0.122. The van der Waals surface area contributed by atoms with Crippen molar-refractivity contribution in [3.63, 3.8) is 0 Å². The molecule has 0 unspecified atom stereocenters. The van der Waals surface area contributed by atoms with Crippen LogP contribution in [0.5, 0.6) is 0 Å². The van der Waals surface area contributed by atoms with Gasteiger partial charge in [-0.3, -0.25) is 4.79 Å². The third-order valence-electron chi connectivity index (χ3n) is 2.76. The summed E-state index contributed by atoms with van der Waals surface area (Å²) in [6.45, 7) is 0. The van der Waals surface area contributed by atoms with Crippen LogP contribution in [0.15, 0.2) is 18.3 Å². The highest BCUT2D eigenvalue weighted by atomic mass is 16.4. The van der Waals surface area contributed by atoms with Crippen molar-refractivity contribution in [2.45, 2.75) is 19.3 Å². The van der Waals surface area contributed by atoms with Crippen molar-refractivity contribution in [2.24, 2.45) is 5.92 Å². The molecule has 0 saturated heterocycles. The van der Waals surface area contributed by atoms with Crippen LogP contribution in [-0.2, 0) is 4.79 Å². The van der Waals surface area contributed by atoms with E-state index in [0.717, 1.165) is 19.3 Å². The molecule has 1 aliphatic rings. The lowest BCUT2D eigenvalue weighted by Crippen LogP contribution is -2.29. The van der Waals surface area contributed by atoms with Crippen LogP contribution in [0.25, 0.3) is 0 Å². The molecule has 1 saturated carbocycles. The Bertz CT molecular complexity index is 427. The lowest BCUT2D eigenvalue weighted by Gasteiger charge is -2.23. The Hall–Kier alpha value is -1.91. The van der Waals surface area contributed by atoms with Crippen LogP contribution in [0.4, 0.5) is 5.82 Å². The van der Waals surface area contributed by atoms with E-state index < -0.39 is 5.97 Å². The number of rotatable bonds is 3. The number of nitrogens with one attached hydrogen (secondary N) is 1. The Morgan fingerprint density at radius 2 is 2.19 bits per heavy atom. The second-order valence-electron chi connectivity index (χ2n) is 3.82. The largest absolute Gasteiger partial charge is 0.478 e. The van der Waals surface area contributed by atoms with Gasteiger partial charge in [0.15, 0.2) is 0 Å². The first kappa shape index (κ1) is 10.6. The first-order valence-electron chi connectivity index (χ1n) is 5.17. The van der Waals surface area contributed by atoms with Gasteiger partial charge in [0.25, 0.3) is 0 Å². The second-order valence-corrected chi connectivity index (χ2v) is 3.82. The summed E-state index contributed by atoms with van der Waals surface area (Å²) in [7, 11) is 0. The molecule has 1 amide bonds. The number of amides is 1. The molecule has 1 heterocycles. The van der Waals surface area contributed by atoms with Gasteiger partial charge in [0.05, 0.1) is 0 Å². The van der Waals surface area contributed by atoms with Crippen LogP contribution in [-0.4, -0.2) is 22.0 Å². The molecule has 0 aliphatic heterocycles. The summed E-state index contributed by atoms with van der Waals surface area (Å²) in [6.07, 6.45) is 4.27. The van der Waals surface area contributed by atoms with E-state index in [2.05, 4.69) is 10.3 Å². The Morgan fingerprint density at radius 3 is 2.75 bits per heavy atom. The van der Waals surface area contributed by atoms with E-state index in [0.29, 0.717) is 0 Å². The topological polar surface area (TPSA) is 79.3 Å². The van der Waals surface area contributed by atoms with E-state index in [-0.39, 0.29) is 23.2 Å². The SMILES string of the molecule is O=C(O)c1cccnc1NC(=O)C1CCC1. The summed E-state index contributed by atoms with van der Waals surface area (Å²) in [5, 5.41) is 11.5. The molecule has 1 aromatic heterocycles. The van der Waals surface area contributed by atoms with Crippen LogP contribution in [0.2, 0.25) is 0 Å². The maximum Gasteiger partial charge on any atom is 0.339 e. The third kappa shape index (κ3) is 2.03. The van der Waals surface area contributed by atoms with Crippen LogP contribution in [0.3, 0.4) is 0 Å². The summed E-state index contributed by atoms with van der Waals surface area (Å²) in [5.41, 5.74) is 0.0233. The first-order chi connectivity index (χ1) is 7.68. The van der Waals surface area contributed by atoms with Gasteiger partial charge in [-0.2, -0.15) is 0 Å². The number of carboxylic acids is 1. The number of aromatic nitrogens is 1. The van der Waals surface area contributed by atoms with Gasteiger partial charge < -0.3 is 10.4 Å². The molecule has 0 radical (unpaired) electrons. The standard InChI is InChI=1S/C11H12N2O3/c14-10(7-3-1-4-7)13-9-8(11(15)16)5-2-6-12-9/h2,5-7H,1,3-4H2,(H,15,16)(H,12,13,14). The van der Waals surface area contributed by atoms with Crippen LogP contribution >= 0.6 is 0 Å². The summed E-state index contributed by atoms with van der Waals surface area (Å²) >= 11 is 0. The number of anilines is 1. The Morgan fingerprint density at radius 1 is 1.44 bits per heavy atom. The summed E-state index contributed by atoms with van der Waals surface area (Å²) in [5.74, 6) is -1.07. The highest BCUT2D eigenvalue weighted by Gasteiger charge is 2.26. The van der Waals surface area contributed by atoms with Crippen LogP contribution in [0.1, 0.15) is 29.6 Å². The summed E-state index contributed by atoms with van der Waals surface area (Å²) in [6, 6.07) is 2.95. The number of carbonyl (C=O) groups is 2. The number of hydrogen-bond donors (Lipinski definition) is 2. The predicted molar refractivity (Wildman–Crippen MR) is 57.2 cm³/mol. The molecular weight excluding hydrogens is 208 g/mol. The summed E-state index contributed by atoms with van der Waals surface area (Å²) in [4.78, 5) is 26.4. The molecule has 5 heteroatoms. The van der Waals surface area contributed by atoms with Gasteiger partial charge in [-0.15, -0.1) is 0 Å². The number of carboxylic acid groups (broad SMARTS) is 1. The van der Waals surface area contributed by atoms with Crippen molar-refractivity contribution in [3.05, 3.63) is 23.9 Å². The molecule has 2 rings (SSSR count). The van der Waals surface area contributed by atoms with Crippen molar-refractivity contribution in [1.29, 1.82) is 0 Å². The van der Waals surface area contributed by atoms with E-state index in [1.165, 1.54) is 18.3 Å². The molecule has 16 heavy (non-hydrogen) atoms. The first-order valence-corrected chi connectivity index (χ1v) is 5.17. The van der Waals surface area contributed by atoms with E-state index in [1.807, 2.05) is 0 Å². The van der Waals surface area contributed by atoms with Gasteiger partial charge >= 0.3 is 5.97 Å². The van der Waals surface area contributed by atoms with Crippen molar-refractivity contribution >= 4 is 17.7 Å². The van der Waals surface area contributed by atoms with E-state index in [1.54, 1.807) is 0 Å². The van der Waals surface area contributed by atoms with Crippen LogP contribution < -0.4 is 5.32 Å². The van der Waals surface area contributed by atoms with E-state index >= 15 is 0 Å². The molecule has 84 valence electrons. The average molecular weight is 220 g/mol. The molecule has 0 aromatic carbocycles. The smallest absolute Gasteiger partial charge is 0.339 e. The fourth-order valence-electron chi connectivity index (χ4n) is 1.57. The monoisotopic (exact) mass is 220 g/mol. The minimum atomic E-state index is -1.09. The van der Waals surface area contributed by atoms with Crippen molar-refractivity contribution in [3.8, 4) is 0 Å². The lowest BCUT2D eigenvalue weighted by atomic mass is 9.85. The molecule has 1 aliphatic carbocycles. The zero-order valence-corrected chi connectivity index (χ0v) is 8.64. The number of pyridine rings is 1. The molecule has 2 N–H and O–H groups in total. The summed E-state index contributed by atoms with van der Waals surface area (Å²) < 4.78 is 0. The average Bonchev–Trinajstić information content (AvgIpc) is 2.15. The fraction of sp³-hybridized carbons (Fsp3) is 0.364. The van der Waals surface area contributed by atoms with Gasteiger partial charge in [-0.1, -0.05) is 6.42 Å². The van der Waals surface area contributed by atoms with Gasteiger partial charge in [0.2, 0.25) is 5.91 Å². The highest BCUT2D eigenvalue weighted by molar-refractivity contribution is 6.00. The predicted octanol–water partition coefficient (Wildman–Crippen LogP) is 1.52. The highest BCUT2D eigenvalue weighted by Crippen LogP contribution is 2.27.